The van der Waals surface area contributed by atoms with Gasteiger partial charge in [-0.15, -0.1) is 0 Å². The summed E-state index contributed by atoms with van der Waals surface area (Å²) < 4.78 is 5.15. The van der Waals surface area contributed by atoms with Crippen LogP contribution in [0, 0.1) is 0 Å². The maximum atomic E-state index is 11.5. The van der Waals surface area contributed by atoms with Gasteiger partial charge in [-0.1, -0.05) is 25.3 Å². The van der Waals surface area contributed by atoms with Crippen molar-refractivity contribution in [2.45, 2.75) is 37.6 Å². The van der Waals surface area contributed by atoms with Crippen molar-refractivity contribution in [1.29, 1.82) is 0 Å². The van der Waals surface area contributed by atoms with E-state index in [4.69, 9.17) is 4.74 Å². The second kappa shape index (κ2) is 5.29. The SMILES string of the molecule is COc1cccc(NC2(C(=O)O)CCCCC2)c1. The molecule has 1 aliphatic rings. The molecule has 0 unspecified atom stereocenters. The lowest BCUT2D eigenvalue weighted by Gasteiger charge is -2.35. The summed E-state index contributed by atoms with van der Waals surface area (Å²) in [6, 6.07) is 7.42. The standard InChI is InChI=1S/C14H19NO3/c1-18-12-7-5-6-11(10-12)15-14(13(16)17)8-3-2-4-9-14/h5-7,10,15H,2-4,8-9H2,1H3,(H,16,17). The molecule has 4 heteroatoms. The van der Waals surface area contributed by atoms with Crippen LogP contribution >= 0.6 is 0 Å². The van der Waals surface area contributed by atoms with Crippen LogP contribution in [-0.4, -0.2) is 23.7 Å². The molecule has 18 heavy (non-hydrogen) atoms. The van der Waals surface area contributed by atoms with Gasteiger partial charge in [-0.3, -0.25) is 0 Å². The van der Waals surface area contributed by atoms with Crippen molar-refractivity contribution < 1.29 is 14.6 Å². The van der Waals surface area contributed by atoms with E-state index < -0.39 is 11.5 Å². The van der Waals surface area contributed by atoms with E-state index in [-0.39, 0.29) is 0 Å². The maximum absolute atomic E-state index is 11.5. The smallest absolute Gasteiger partial charge is 0.329 e. The monoisotopic (exact) mass is 249 g/mol. The van der Waals surface area contributed by atoms with Crippen LogP contribution in [0.4, 0.5) is 5.69 Å². The van der Waals surface area contributed by atoms with Crippen molar-refractivity contribution in [2.24, 2.45) is 0 Å². The van der Waals surface area contributed by atoms with E-state index in [1.54, 1.807) is 7.11 Å². The van der Waals surface area contributed by atoms with Gasteiger partial charge in [0.2, 0.25) is 0 Å². The van der Waals surface area contributed by atoms with Crippen LogP contribution in [0.3, 0.4) is 0 Å². The molecule has 0 aliphatic heterocycles. The molecule has 0 radical (unpaired) electrons. The average Bonchev–Trinajstić information content (AvgIpc) is 2.40. The highest BCUT2D eigenvalue weighted by atomic mass is 16.5. The first-order valence-corrected chi connectivity index (χ1v) is 6.32. The molecule has 0 spiro atoms. The van der Waals surface area contributed by atoms with Crippen molar-refractivity contribution >= 4 is 11.7 Å². The molecule has 0 bridgehead atoms. The minimum atomic E-state index is -0.815. The molecule has 1 fully saturated rings. The summed E-state index contributed by atoms with van der Waals surface area (Å²) in [6.45, 7) is 0. The summed E-state index contributed by atoms with van der Waals surface area (Å²) in [5.41, 5.74) is -0.0106. The van der Waals surface area contributed by atoms with Crippen molar-refractivity contribution in [3.05, 3.63) is 24.3 Å². The van der Waals surface area contributed by atoms with Gasteiger partial charge in [-0.05, 0) is 25.0 Å². The second-order valence-corrected chi connectivity index (χ2v) is 4.80. The molecule has 0 saturated heterocycles. The molecule has 0 heterocycles. The molecule has 2 rings (SSSR count). The Hall–Kier alpha value is -1.71. The zero-order valence-electron chi connectivity index (χ0n) is 10.6. The summed E-state index contributed by atoms with van der Waals surface area (Å²) in [5.74, 6) is -0.0265. The summed E-state index contributed by atoms with van der Waals surface area (Å²) in [6.07, 6.45) is 4.40. The van der Waals surface area contributed by atoms with Crippen LogP contribution in [0.5, 0.6) is 5.75 Å². The maximum Gasteiger partial charge on any atom is 0.329 e. The van der Waals surface area contributed by atoms with E-state index >= 15 is 0 Å². The molecule has 0 amide bonds. The number of benzene rings is 1. The Morgan fingerprint density at radius 1 is 1.33 bits per heavy atom. The number of hydrogen-bond donors (Lipinski definition) is 2. The van der Waals surface area contributed by atoms with Crippen LogP contribution in [0.25, 0.3) is 0 Å². The molecule has 1 aromatic carbocycles. The Morgan fingerprint density at radius 2 is 2.06 bits per heavy atom. The Kier molecular flexibility index (Phi) is 3.75. The number of rotatable bonds is 4. The van der Waals surface area contributed by atoms with Crippen LogP contribution in [0.1, 0.15) is 32.1 Å². The molecular formula is C14H19NO3. The van der Waals surface area contributed by atoms with Gasteiger partial charge in [-0.25, -0.2) is 4.79 Å². The topological polar surface area (TPSA) is 58.6 Å². The third-order valence-electron chi connectivity index (χ3n) is 3.57. The van der Waals surface area contributed by atoms with E-state index in [0.717, 1.165) is 30.7 Å². The van der Waals surface area contributed by atoms with Gasteiger partial charge in [-0.2, -0.15) is 0 Å². The van der Waals surface area contributed by atoms with E-state index in [0.29, 0.717) is 12.8 Å². The molecule has 1 saturated carbocycles. The normalized spacial score (nSPS) is 18.1. The molecule has 4 nitrogen and oxygen atoms in total. The zero-order chi connectivity index (χ0) is 13.0. The van der Waals surface area contributed by atoms with E-state index in [2.05, 4.69) is 5.32 Å². The van der Waals surface area contributed by atoms with Gasteiger partial charge in [0.05, 0.1) is 7.11 Å². The Balaban J connectivity index is 2.20. The number of carboxylic acid groups (broad SMARTS) is 1. The molecule has 1 aromatic rings. The average molecular weight is 249 g/mol. The third-order valence-corrected chi connectivity index (χ3v) is 3.57. The first kappa shape index (κ1) is 12.7. The number of carboxylic acids is 1. The van der Waals surface area contributed by atoms with Gasteiger partial charge in [0.25, 0.3) is 0 Å². The first-order chi connectivity index (χ1) is 8.66. The second-order valence-electron chi connectivity index (χ2n) is 4.80. The lowest BCUT2D eigenvalue weighted by atomic mass is 9.81. The van der Waals surface area contributed by atoms with Crippen molar-refractivity contribution in [3.63, 3.8) is 0 Å². The highest BCUT2D eigenvalue weighted by Gasteiger charge is 2.39. The lowest BCUT2D eigenvalue weighted by molar-refractivity contribution is -0.143. The molecular weight excluding hydrogens is 230 g/mol. The number of methoxy groups -OCH3 is 1. The summed E-state index contributed by atoms with van der Waals surface area (Å²) >= 11 is 0. The third kappa shape index (κ3) is 2.58. The predicted molar refractivity (Wildman–Crippen MR) is 70.1 cm³/mol. The molecule has 1 aliphatic carbocycles. The summed E-state index contributed by atoms with van der Waals surface area (Å²) in [5, 5.41) is 12.7. The quantitative estimate of drug-likeness (QED) is 0.861. The minimum Gasteiger partial charge on any atom is -0.497 e. The summed E-state index contributed by atoms with van der Waals surface area (Å²) in [4.78, 5) is 11.5. The van der Waals surface area contributed by atoms with Crippen LogP contribution < -0.4 is 10.1 Å². The molecule has 0 atom stereocenters. The Bertz CT molecular complexity index is 425. The van der Waals surface area contributed by atoms with Gasteiger partial charge in [0.15, 0.2) is 0 Å². The van der Waals surface area contributed by atoms with E-state index in [9.17, 15) is 9.90 Å². The molecule has 2 N–H and O–H groups in total. The van der Waals surface area contributed by atoms with Crippen LogP contribution in [-0.2, 0) is 4.79 Å². The fraction of sp³-hybridized carbons (Fsp3) is 0.500. The predicted octanol–water partition coefficient (Wildman–Crippen LogP) is 2.89. The number of anilines is 1. The van der Waals surface area contributed by atoms with E-state index in [1.807, 2.05) is 24.3 Å². The lowest BCUT2D eigenvalue weighted by Crippen LogP contribution is -2.47. The summed E-state index contributed by atoms with van der Waals surface area (Å²) in [7, 11) is 1.60. The van der Waals surface area contributed by atoms with Gasteiger partial charge < -0.3 is 15.2 Å². The molecule has 0 aromatic heterocycles. The van der Waals surface area contributed by atoms with Crippen molar-refractivity contribution in [2.75, 3.05) is 12.4 Å². The van der Waals surface area contributed by atoms with Gasteiger partial charge in [0.1, 0.15) is 11.3 Å². The van der Waals surface area contributed by atoms with Gasteiger partial charge >= 0.3 is 5.97 Å². The first-order valence-electron chi connectivity index (χ1n) is 6.32. The zero-order valence-corrected chi connectivity index (χ0v) is 10.6. The Labute approximate surface area is 107 Å². The minimum absolute atomic E-state index is 0.680. The highest BCUT2D eigenvalue weighted by Crippen LogP contribution is 2.32. The largest absolute Gasteiger partial charge is 0.497 e. The number of nitrogens with one attached hydrogen (secondary N) is 1. The van der Waals surface area contributed by atoms with Gasteiger partial charge in [0, 0.05) is 11.8 Å². The Morgan fingerprint density at radius 3 is 2.67 bits per heavy atom. The number of aliphatic carboxylic acids is 1. The van der Waals surface area contributed by atoms with E-state index in [1.165, 1.54) is 0 Å². The number of hydrogen-bond acceptors (Lipinski definition) is 3. The van der Waals surface area contributed by atoms with Crippen LogP contribution in [0.2, 0.25) is 0 Å². The number of carbonyl (C=O) groups is 1. The fourth-order valence-electron chi connectivity index (χ4n) is 2.52. The molecule has 98 valence electrons. The highest BCUT2D eigenvalue weighted by molar-refractivity contribution is 5.83. The van der Waals surface area contributed by atoms with Crippen LogP contribution in [0.15, 0.2) is 24.3 Å². The van der Waals surface area contributed by atoms with Crippen molar-refractivity contribution in [1.82, 2.24) is 0 Å². The fourth-order valence-corrected chi connectivity index (χ4v) is 2.52. The van der Waals surface area contributed by atoms with Crippen molar-refractivity contribution in [3.8, 4) is 5.75 Å². The number of ether oxygens (including phenoxy) is 1.